The van der Waals surface area contributed by atoms with Crippen molar-refractivity contribution in [2.24, 2.45) is 0 Å². The number of fused-ring (bicyclic) bond motifs is 8. The fraction of sp³-hybridized carbons (Fsp3) is 0.129. The first-order chi connectivity index (χ1) is 33.9. The van der Waals surface area contributed by atoms with Gasteiger partial charge in [-0.1, -0.05) is 145 Å². The van der Waals surface area contributed by atoms with Crippen molar-refractivity contribution in [3.63, 3.8) is 0 Å². The van der Waals surface area contributed by atoms with Crippen LogP contribution in [-0.2, 0) is 10.8 Å². The van der Waals surface area contributed by atoms with E-state index in [4.69, 9.17) is 18.9 Å². The summed E-state index contributed by atoms with van der Waals surface area (Å²) in [5, 5.41) is 0. The number of ether oxygens (including phenoxy) is 4. The van der Waals surface area contributed by atoms with Gasteiger partial charge in [-0.05, 0) is 115 Å². The number of rotatable bonds is 6. The molecule has 8 heteroatoms. The van der Waals surface area contributed by atoms with Gasteiger partial charge in [0.15, 0.2) is 0 Å². The third-order valence-corrected chi connectivity index (χ3v) is 14.4. The van der Waals surface area contributed by atoms with E-state index in [0.29, 0.717) is 11.5 Å². The Morgan fingerprint density at radius 3 is 1.13 bits per heavy atom. The Bertz CT molecular complexity index is 3300. The average Bonchev–Trinajstić information content (AvgIpc) is 3.36. The van der Waals surface area contributed by atoms with Crippen LogP contribution in [0, 0.1) is 0 Å². The SMILES string of the molecule is CC(C)(C)c1ccc(Oc2cc3c4c(c2)N(c2ccccc2)c2ccccc2B4c2cc4c(cc2O3)Oc2cc(Oc3ccc(C(C)(C)C)cc3)cc3c2B4c2ccccc2N3c2ccccc2)cc1. The molecule has 0 aliphatic carbocycles. The van der Waals surface area contributed by atoms with Gasteiger partial charge in [-0.3, -0.25) is 0 Å². The van der Waals surface area contributed by atoms with Gasteiger partial charge in [0.1, 0.15) is 46.0 Å². The maximum atomic E-state index is 7.19. The fourth-order valence-electron chi connectivity index (χ4n) is 11.0. The second kappa shape index (κ2) is 15.7. The minimum atomic E-state index is -0.142. The van der Waals surface area contributed by atoms with E-state index in [1.807, 2.05) is 0 Å². The highest BCUT2D eigenvalue weighted by molar-refractivity contribution is 7.02. The monoisotopic (exact) mass is 908 g/mol. The van der Waals surface area contributed by atoms with Crippen LogP contribution in [0.5, 0.6) is 46.0 Å². The van der Waals surface area contributed by atoms with Crippen molar-refractivity contribution in [3.05, 3.63) is 205 Å². The molecule has 0 saturated heterocycles. The minimum Gasteiger partial charge on any atom is -0.458 e. The summed E-state index contributed by atoms with van der Waals surface area (Å²) in [6.45, 7) is 13.1. The van der Waals surface area contributed by atoms with Crippen molar-refractivity contribution in [1.29, 1.82) is 0 Å². The van der Waals surface area contributed by atoms with Crippen LogP contribution >= 0.6 is 0 Å². The van der Waals surface area contributed by atoms with Crippen LogP contribution in [-0.4, -0.2) is 13.4 Å². The number of para-hydroxylation sites is 4. The van der Waals surface area contributed by atoms with Crippen molar-refractivity contribution < 1.29 is 18.9 Å². The third-order valence-electron chi connectivity index (χ3n) is 14.4. The van der Waals surface area contributed by atoms with E-state index in [1.165, 1.54) is 22.1 Å². The van der Waals surface area contributed by atoms with Gasteiger partial charge >= 0.3 is 0 Å². The van der Waals surface area contributed by atoms with Crippen molar-refractivity contribution in [1.82, 2.24) is 0 Å². The molecule has 0 fully saturated rings. The Morgan fingerprint density at radius 2 is 0.729 bits per heavy atom. The third kappa shape index (κ3) is 6.87. The first-order valence-corrected chi connectivity index (χ1v) is 24.3. The number of anilines is 6. The van der Waals surface area contributed by atoms with E-state index in [1.54, 1.807) is 0 Å². The summed E-state index contributed by atoms with van der Waals surface area (Å²) in [4.78, 5) is 4.71. The van der Waals surface area contributed by atoms with Gasteiger partial charge in [-0.2, -0.15) is 0 Å². The highest BCUT2D eigenvalue weighted by atomic mass is 16.5. The molecule has 4 aliphatic heterocycles. The molecule has 0 spiro atoms. The molecule has 6 nitrogen and oxygen atoms in total. The van der Waals surface area contributed by atoms with Crippen LogP contribution in [0.2, 0.25) is 0 Å². The quantitative estimate of drug-likeness (QED) is 0.155. The first-order valence-electron chi connectivity index (χ1n) is 24.3. The standard InChI is InChI=1S/C62H50B2N2O4/c1-61(2,3)39-25-29-43(30-26-39)67-45-33-53-59-57(35-45)69-55-38-56-50(37-49(55)63(59)47-21-13-15-23-51(47)65(53)41-17-9-7-10-18-41)64-48-22-14-16-24-52(48)66(42-19-11-8-12-20-42)54-34-46(36-58(70-56)60(54)64)68-44-31-27-40(28-32-44)62(4,5)6/h7-38H,1-6H3. The molecule has 0 unspecified atom stereocenters. The number of nitrogens with zero attached hydrogens (tertiary/aromatic N) is 2. The molecule has 9 aromatic carbocycles. The van der Waals surface area contributed by atoms with Crippen molar-refractivity contribution in [2.75, 3.05) is 9.80 Å². The van der Waals surface area contributed by atoms with Crippen LogP contribution in [0.25, 0.3) is 0 Å². The lowest BCUT2D eigenvalue weighted by molar-refractivity contribution is 0.451. The van der Waals surface area contributed by atoms with E-state index in [0.717, 1.165) is 90.5 Å². The molecule has 70 heavy (non-hydrogen) atoms. The molecule has 0 N–H and O–H groups in total. The minimum absolute atomic E-state index is 0.0273. The highest BCUT2D eigenvalue weighted by Gasteiger charge is 2.47. The maximum absolute atomic E-state index is 7.19. The molecule has 0 atom stereocenters. The van der Waals surface area contributed by atoms with Crippen LogP contribution in [0.3, 0.4) is 0 Å². The Balaban J connectivity index is 0.985. The van der Waals surface area contributed by atoms with E-state index in [2.05, 4.69) is 245 Å². The van der Waals surface area contributed by atoms with Crippen LogP contribution in [0.15, 0.2) is 194 Å². The van der Waals surface area contributed by atoms with E-state index >= 15 is 0 Å². The smallest absolute Gasteiger partial charge is 0.256 e. The zero-order valence-corrected chi connectivity index (χ0v) is 40.2. The lowest BCUT2D eigenvalue weighted by Gasteiger charge is -2.42. The zero-order valence-electron chi connectivity index (χ0n) is 40.2. The Labute approximate surface area is 410 Å². The molecular weight excluding hydrogens is 858 g/mol. The summed E-state index contributed by atoms with van der Waals surface area (Å²) in [5.74, 6) is 5.92. The summed E-state index contributed by atoms with van der Waals surface area (Å²) >= 11 is 0. The van der Waals surface area contributed by atoms with Gasteiger partial charge in [0.05, 0.1) is 0 Å². The summed E-state index contributed by atoms with van der Waals surface area (Å²) in [6, 6.07) is 68.6. The van der Waals surface area contributed by atoms with Crippen molar-refractivity contribution in [2.45, 2.75) is 52.4 Å². The van der Waals surface area contributed by atoms with E-state index < -0.39 is 0 Å². The van der Waals surface area contributed by atoms with Crippen LogP contribution < -0.4 is 61.5 Å². The maximum Gasteiger partial charge on any atom is 0.256 e. The summed E-state index contributed by atoms with van der Waals surface area (Å²) < 4.78 is 27.9. The molecule has 13 rings (SSSR count). The first kappa shape index (κ1) is 42.0. The summed E-state index contributed by atoms with van der Waals surface area (Å²) in [5.41, 5.74) is 15.7. The molecule has 338 valence electrons. The molecule has 0 saturated carbocycles. The van der Waals surface area contributed by atoms with E-state index in [-0.39, 0.29) is 24.3 Å². The second-order valence-electron chi connectivity index (χ2n) is 20.9. The average molecular weight is 909 g/mol. The molecule has 0 radical (unpaired) electrons. The van der Waals surface area contributed by atoms with Gasteiger partial charge < -0.3 is 28.7 Å². The predicted octanol–water partition coefficient (Wildman–Crippen LogP) is 12.7. The Hall–Kier alpha value is -8.09. The largest absolute Gasteiger partial charge is 0.458 e. The molecule has 4 heterocycles. The second-order valence-corrected chi connectivity index (χ2v) is 20.9. The molecule has 9 aromatic rings. The fourth-order valence-corrected chi connectivity index (χ4v) is 11.0. The molecule has 0 amide bonds. The summed E-state index contributed by atoms with van der Waals surface area (Å²) in [7, 11) is 0. The normalized spacial score (nSPS) is 13.7. The highest BCUT2D eigenvalue weighted by Crippen LogP contribution is 2.47. The topological polar surface area (TPSA) is 43.4 Å². The number of benzene rings is 9. The molecule has 0 aromatic heterocycles. The van der Waals surface area contributed by atoms with Gasteiger partial charge in [0.2, 0.25) is 0 Å². The van der Waals surface area contributed by atoms with Gasteiger partial charge in [-0.15, -0.1) is 0 Å². The van der Waals surface area contributed by atoms with E-state index in [9.17, 15) is 0 Å². The van der Waals surface area contributed by atoms with Crippen LogP contribution in [0.4, 0.5) is 34.1 Å². The Kier molecular flexibility index (Phi) is 9.45. The van der Waals surface area contributed by atoms with Gasteiger partial charge in [-0.25, -0.2) is 0 Å². The Morgan fingerprint density at radius 1 is 0.343 bits per heavy atom. The lowest BCUT2D eigenvalue weighted by atomic mass is 9.31. The van der Waals surface area contributed by atoms with Crippen LogP contribution in [0.1, 0.15) is 52.7 Å². The lowest BCUT2D eigenvalue weighted by Crippen LogP contribution is -2.63. The van der Waals surface area contributed by atoms with Gasteiger partial charge in [0, 0.05) is 64.5 Å². The summed E-state index contributed by atoms with van der Waals surface area (Å²) in [6.07, 6.45) is 0. The number of hydrogen-bond acceptors (Lipinski definition) is 6. The molecular formula is C62H50B2N2O4. The molecule has 0 bridgehead atoms. The molecule has 4 aliphatic rings. The van der Waals surface area contributed by atoms with Crippen molar-refractivity contribution >= 4 is 80.3 Å². The van der Waals surface area contributed by atoms with Gasteiger partial charge in [0.25, 0.3) is 13.4 Å². The van der Waals surface area contributed by atoms with Crippen molar-refractivity contribution in [3.8, 4) is 46.0 Å². The predicted molar refractivity (Wildman–Crippen MR) is 289 cm³/mol. The number of hydrogen-bond donors (Lipinski definition) is 0. The zero-order chi connectivity index (χ0) is 47.5.